The molecule has 3 aromatic rings. The Bertz CT molecular complexity index is 906. The molecule has 1 saturated heterocycles. The van der Waals surface area contributed by atoms with Gasteiger partial charge in [0.25, 0.3) is 0 Å². The molecular formula is C18H18N6O3. The highest BCUT2D eigenvalue weighted by molar-refractivity contribution is 5.75. The Hall–Kier alpha value is -3.49. The Morgan fingerprint density at radius 3 is 2.81 bits per heavy atom. The van der Waals surface area contributed by atoms with Gasteiger partial charge in [-0.2, -0.15) is 4.98 Å². The van der Waals surface area contributed by atoms with Crippen molar-refractivity contribution in [3.63, 3.8) is 0 Å². The quantitative estimate of drug-likeness (QED) is 0.734. The summed E-state index contributed by atoms with van der Waals surface area (Å²) in [6, 6.07) is 7.46. The average molecular weight is 366 g/mol. The number of rotatable bonds is 5. The van der Waals surface area contributed by atoms with E-state index in [1.165, 1.54) is 0 Å². The first-order valence-electron chi connectivity index (χ1n) is 8.48. The highest BCUT2D eigenvalue weighted by Gasteiger charge is 2.35. The summed E-state index contributed by atoms with van der Waals surface area (Å²) in [6.45, 7) is 1.54. The first-order valence-corrected chi connectivity index (χ1v) is 8.48. The fourth-order valence-electron chi connectivity index (χ4n) is 2.75. The van der Waals surface area contributed by atoms with Gasteiger partial charge in [0.15, 0.2) is 0 Å². The summed E-state index contributed by atoms with van der Waals surface area (Å²) in [5.74, 6) is 1.74. The zero-order chi connectivity index (χ0) is 18.6. The van der Waals surface area contributed by atoms with Crippen LogP contribution >= 0.6 is 0 Å². The van der Waals surface area contributed by atoms with Crippen molar-refractivity contribution < 1.29 is 14.1 Å². The third-order valence-electron chi connectivity index (χ3n) is 4.35. The van der Waals surface area contributed by atoms with Crippen LogP contribution < -0.4 is 10.1 Å². The molecule has 0 aliphatic carbocycles. The molecule has 1 N–H and O–H groups in total. The minimum absolute atomic E-state index is 0.0367. The maximum Gasteiger partial charge on any atom is 0.317 e. The van der Waals surface area contributed by atoms with Gasteiger partial charge in [-0.15, -0.1) is 0 Å². The van der Waals surface area contributed by atoms with E-state index >= 15 is 0 Å². The van der Waals surface area contributed by atoms with E-state index in [0.717, 1.165) is 11.3 Å². The molecule has 4 rings (SSSR count). The van der Waals surface area contributed by atoms with E-state index in [-0.39, 0.29) is 11.9 Å². The topological polar surface area (TPSA) is 106 Å². The number of nitrogens with zero attached hydrogens (tertiary/aromatic N) is 5. The van der Waals surface area contributed by atoms with E-state index in [1.807, 2.05) is 24.3 Å². The van der Waals surface area contributed by atoms with E-state index in [4.69, 9.17) is 9.26 Å². The van der Waals surface area contributed by atoms with Gasteiger partial charge in [0.2, 0.25) is 11.7 Å². The van der Waals surface area contributed by atoms with E-state index in [9.17, 15) is 4.79 Å². The minimum atomic E-state index is -0.115. The number of hydrogen-bond donors (Lipinski definition) is 1. The molecule has 0 radical (unpaired) electrons. The van der Waals surface area contributed by atoms with Crippen LogP contribution in [0.5, 0.6) is 5.75 Å². The fourth-order valence-corrected chi connectivity index (χ4v) is 2.75. The Balaban J connectivity index is 1.27. The molecule has 3 heterocycles. The lowest BCUT2D eigenvalue weighted by Gasteiger charge is -2.36. The molecule has 0 atom stereocenters. The molecule has 1 aliphatic rings. The van der Waals surface area contributed by atoms with Crippen LogP contribution in [0.1, 0.15) is 17.4 Å². The van der Waals surface area contributed by atoms with Crippen LogP contribution in [0.3, 0.4) is 0 Å². The summed E-state index contributed by atoms with van der Waals surface area (Å²) in [5.41, 5.74) is 1.56. The number of methoxy groups -OCH3 is 1. The molecule has 2 amide bonds. The summed E-state index contributed by atoms with van der Waals surface area (Å²) >= 11 is 0. The molecule has 2 aromatic heterocycles. The van der Waals surface area contributed by atoms with Crippen LogP contribution in [0, 0.1) is 0 Å². The van der Waals surface area contributed by atoms with Crippen LogP contribution in [-0.4, -0.2) is 51.2 Å². The predicted octanol–water partition coefficient (Wildman–Crippen LogP) is 1.84. The van der Waals surface area contributed by atoms with Gasteiger partial charge in [0.1, 0.15) is 11.4 Å². The average Bonchev–Trinajstić information content (AvgIpc) is 3.16. The van der Waals surface area contributed by atoms with Crippen molar-refractivity contribution in [1.29, 1.82) is 0 Å². The summed E-state index contributed by atoms with van der Waals surface area (Å²) in [7, 11) is 1.62. The zero-order valence-corrected chi connectivity index (χ0v) is 14.7. The number of benzene rings is 1. The number of aromatic nitrogens is 4. The van der Waals surface area contributed by atoms with E-state index in [2.05, 4.69) is 25.4 Å². The second kappa shape index (κ2) is 7.40. The molecule has 0 bridgehead atoms. The maximum absolute atomic E-state index is 12.2. The van der Waals surface area contributed by atoms with Gasteiger partial charge in [0.05, 0.1) is 19.2 Å². The van der Waals surface area contributed by atoms with Crippen molar-refractivity contribution >= 4 is 6.03 Å². The minimum Gasteiger partial charge on any atom is -0.497 e. The molecule has 0 spiro atoms. The monoisotopic (exact) mass is 366 g/mol. The molecule has 9 nitrogen and oxygen atoms in total. The Morgan fingerprint density at radius 1 is 1.30 bits per heavy atom. The highest BCUT2D eigenvalue weighted by atomic mass is 16.5. The first-order chi connectivity index (χ1) is 13.2. The lowest BCUT2D eigenvalue weighted by molar-refractivity contribution is 0.136. The number of nitrogens with one attached hydrogen (secondary N) is 1. The Morgan fingerprint density at radius 2 is 2.11 bits per heavy atom. The van der Waals surface area contributed by atoms with Gasteiger partial charge >= 0.3 is 6.03 Å². The number of urea groups is 1. The largest absolute Gasteiger partial charge is 0.497 e. The molecule has 27 heavy (non-hydrogen) atoms. The van der Waals surface area contributed by atoms with Gasteiger partial charge in [-0.1, -0.05) is 17.3 Å². The normalized spacial score (nSPS) is 13.9. The smallest absolute Gasteiger partial charge is 0.317 e. The number of ether oxygens (including phenoxy) is 1. The standard InChI is InChI=1S/C18H18N6O3/c1-26-14-4-2-12(3-5-14)8-21-18(25)24-10-13(11-24)17-22-16(23-27-17)15-9-19-6-7-20-15/h2-7,9,13H,8,10-11H2,1H3,(H,21,25). The van der Waals surface area contributed by atoms with Crippen molar-refractivity contribution in [1.82, 2.24) is 30.3 Å². The summed E-state index contributed by atoms with van der Waals surface area (Å²) < 4.78 is 10.4. The molecular weight excluding hydrogens is 348 g/mol. The van der Waals surface area contributed by atoms with Crippen LogP contribution in [-0.2, 0) is 6.54 Å². The maximum atomic E-state index is 12.2. The van der Waals surface area contributed by atoms with E-state index in [0.29, 0.717) is 37.0 Å². The van der Waals surface area contributed by atoms with Crippen LogP contribution in [0.4, 0.5) is 4.79 Å². The van der Waals surface area contributed by atoms with Gasteiger partial charge in [-0.25, -0.2) is 9.78 Å². The lowest BCUT2D eigenvalue weighted by Crippen LogP contribution is -2.52. The van der Waals surface area contributed by atoms with Crippen LogP contribution in [0.2, 0.25) is 0 Å². The molecule has 1 fully saturated rings. The van der Waals surface area contributed by atoms with Crippen molar-refractivity contribution in [3.05, 3.63) is 54.3 Å². The number of carbonyl (C=O) groups excluding carboxylic acids is 1. The van der Waals surface area contributed by atoms with Gasteiger partial charge in [-0.05, 0) is 17.7 Å². The van der Waals surface area contributed by atoms with E-state index in [1.54, 1.807) is 30.6 Å². The third-order valence-corrected chi connectivity index (χ3v) is 4.35. The third kappa shape index (κ3) is 3.71. The van der Waals surface area contributed by atoms with Gasteiger partial charge < -0.3 is 19.5 Å². The number of hydrogen-bond acceptors (Lipinski definition) is 7. The summed E-state index contributed by atoms with van der Waals surface area (Å²) in [5, 5.41) is 6.83. The fraction of sp³-hybridized carbons (Fsp3) is 0.278. The molecule has 0 unspecified atom stereocenters. The van der Waals surface area contributed by atoms with Gasteiger partial charge in [-0.3, -0.25) is 4.98 Å². The zero-order valence-electron chi connectivity index (χ0n) is 14.7. The molecule has 9 heteroatoms. The van der Waals surface area contributed by atoms with E-state index < -0.39 is 0 Å². The molecule has 1 aliphatic heterocycles. The SMILES string of the molecule is COc1ccc(CNC(=O)N2CC(c3nc(-c4cnccn4)no3)C2)cc1. The van der Waals surface area contributed by atoms with Crippen molar-refractivity contribution in [2.45, 2.75) is 12.5 Å². The number of carbonyl (C=O) groups is 1. The summed E-state index contributed by atoms with van der Waals surface area (Å²) in [4.78, 5) is 26.4. The highest BCUT2D eigenvalue weighted by Crippen LogP contribution is 2.27. The van der Waals surface area contributed by atoms with Crippen LogP contribution in [0.25, 0.3) is 11.5 Å². The first kappa shape index (κ1) is 17.0. The molecule has 1 aromatic carbocycles. The lowest BCUT2D eigenvalue weighted by atomic mass is 10.0. The van der Waals surface area contributed by atoms with Crippen molar-refractivity contribution in [2.24, 2.45) is 0 Å². The number of amides is 2. The summed E-state index contributed by atoms with van der Waals surface area (Å²) in [6.07, 6.45) is 4.73. The molecule has 0 saturated carbocycles. The Kier molecular flexibility index (Phi) is 4.65. The Labute approximate surface area is 155 Å². The number of likely N-dealkylation sites (tertiary alicyclic amines) is 1. The molecule has 138 valence electrons. The predicted molar refractivity (Wildman–Crippen MR) is 94.9 cm³/mol. The second-order valence-electron chi connectivity index (χ2n) is 6.16. The van der Waals surface area contributed by atoms with Crippen molar-refractivity contribution in [2.75, 3.05) is 20.2 Å². The van der Waals surface area contributed by atoms with Crippen molar-refractivity contribution in [3.8, 4) is 17.3 Å². The van der Waals surface area contributed by atoms with Crippen LogP contribution in [0.15, 0.2) is 47.4 Å². The second-order valence-corrected chi connectivity index (χ2v) is 6.16. The van der Waals surface area contributed by atoms with Gasteiger partial charge in [0, 0.05) is 32.0 Å².